The average molecular weight is 397 g/mol. The van der Waals surface area contributed by atoms with Gasteiger partial charge in [-0.15, -0.1) is 0 Å². The van der Waals surface area contributed by atoms with Crippen LogP contribution in [-0.4, -0.2) is 57.9 Å². The third-order valence-electron chi connectivity index (χ3n) is 5.35. The van der Waals surface area contributed by atoms with E-state index in [4.69, 9.17) is 0 Å². The van der Waals surface area contributed by atoms with Gasteiger partial charge >= 0.3 is 0 Å². The molecule has 0 radical (unpaired) electrons. The molecule has 6 nitrogen and oxygen atoms in total. The van der Waals surface area contributed by atoms with Gasteiger partial charge in [-0.05, 0) is 24.5 Å². The number of hydrogen-bond acceptors (Lipinski definition) is 3. The van der Waals surface area contributed by atoms with Crippen LogP contribution in [0.5, 0.6) is 0 Å². The Morgan fingerprint density at radius 3 is 2.44 bits per heavy atom. The van der Waals surface area contributed by atoms with Crippen molar-refractivity contribution in [2.45, 2.75) is 44.4 Å². The number of nitrogens with one attached hydrogen (secondary N) is 2. The first-order chi connectivity index (χ1) is 13.0. The summed E-state index contributed by atoms with van der Waals surface area (Å²) in [6.07, 6.45) is 4.64. The number of carbonyl (C=O) groups excluding carboxylic acids is 1. The van der Waals surface area contributed by atoms with Gasteiger partial charge in [0.2, 0.25) is 10.0 Å². The van der Waals surface area contributed by atoms with E-state index in [1.54, 1.807) is 24.3 Å². The van der Waals surface area contributed by atoms with Gasteiger partial charge in [0.15, 0.2) is 6.54 Å². The van der Waals surface area contributed by atoms with Crippen molar-refractivity contribution in [2.24, 2.45) is 5.92 Å². The first-order valence-corrected chi connectivity index (χ1v) is 11.6. The fraction of sp³-hybridized carbons (Fsp3) is 0.650. The van der Waals surface area contributed by atoms with Crippen molar-refractivity contribution in [3.05, 3.63) is 30.3 Å². The minimum absolute atomic E-state index is 0.0688. The summed E-state index contributed by atoms with van der Waals surface area (Å²) in [6, 6.07) is 8.55. The highest BCUT2D eigenvalue weighted by Crippen LogP contribution is 2.14. The highest BCUT2D eigenvalue weighted by atomic mass is 32.2. The maximum absolute atomic E-state index is 12.7. The van der Waals surface area contributed by atoms with E-state index in [0.717, 1.165) is 24.3 Å². The van der Waals surface area contributed by atoms with Crippen LogP contribution in [0.25, 0.3) is 0 Å². The van der Waals surface area contributed by atoms with Crippen molar-refractivity contribution in [3.63, 3.8) is 0 Å². The molecule has 1 amide bonds. The van der Waals surface area contributed by atoms with Crippen LogP contribution in [0.1, 0.15) is 39.5 Å². The number of piperazine rings is 1. The predicted molar refractivity (Wildman–Crippen MR) is 107 cm³/mol. The summed E-state index contributed by atoms with van der Waals surface area (Å²) in [5, 5.41) is 3.07. The van der Waals surface area contributed by atoms with Crippen LogP contribution in [0.15, 0.2) is 35.2 Å². The molecule has 1 saturated heterocycles. The molecule has 7 heteroatoms. The van der Waals surface area contributed by atoms with E-state index < -0.39 is 10.0 Å². The molecule has 2 rings (SSSR count). The molecule has 1 heterocycles. The fourth-order valence-electron chi connectivity index (χ4n) is 3.45. The Kier molecular flexibility index (Phi) is 8.73. The minimum atomic E-state index is -3.43. The lowest BCUT2D eigenvalue weighted by atomic mass is 9.99. The third-order valence-corrected chi connectivity index (χ3v) is 7.27. The summed E-state index contributed by atoms with van der Waals surface area (Å²) in [5.41, 5.74) is 0. The van der Waals surface area contributed by atoms with Crippen LogP contribution < -0.4 is 10.2 Å². The summed E-state index contributed by atoms with van der Waals surface area (Å²) in [5.74, 6) is 0.621. The zero-order chi connectivity index (χ0) is 19.7. The van der Waals surface area contributed by atoms with E-state index in [1.165, 1.54) is 17.1 Å². The van der Waals surface area contributed by atoms with Gasteiger partial charge in [0.05, 0.1) is 31.1 Å². The standard InChI is InChI=1S/C20H33N3O3S/c1-3-5-9-18(4-2)16-21-20(24)17-22-12-14-23(15-13-22)27(25,26)19-10-7-6-8-11-19/h6-8,10-11,18H,3-5,9,12-17H2,1-2H3,(H,21,24)/p+1/t18-/m1/s1. The molecular formula is C20H34N3O3S+. The van der Waals surface area contributed by atoms with E-state index in [0.29, 0.717) is 43.5 Å². The zero-order valence-corrected chi connectivity index (χ0v) is 17.4. The summed E-state index contributed by atoms with van der Waals surface area (Å²) < 4.78 is 26.8. The summed E-state index contributed by atoms with van der Waals surface area (Å²) in [6.45, 7) is 7.75. The number of hydrogen-bond donors (Lipinski definition) is 2. The first kappa shape index (κ1) is 21.9. The van der Waals surface area contributed by atoms with E-state index in [1.807, 2.05) is 6.07 Å². The number of sulfonamides is 1. The third kappa shape index (κ3) is 6.59. The van der Waals surface area contributed by atoms with Crippen molar-refractivity contribution in [3.8, 4) is 0 Å². The van der Waals surface area contributed by atoms with Crippen molar-refractivity contribution < 1.29 is 18.1 Å². The van der Waals surface area contributed by atoms with E-state index >= 15 is 0 Å². The van der Waals surface area contributed by atoms with E-state index in [-0.39, 0.29) is 5.91 Å². The van der Waals surface area contributed by atoms with Gasteiger partial charge in [-0.2, -0.15) is 4.31 Å². The second-order valence-corrected chi connectivity index (χ2v) is 9.30. The second-order valence-electron chi connectivity index (χ2n) is 7.36. The Morgan fingerprint density at radius 1 is 1.19 bits per heavy atom. The molecule has 0 aliphatic carbocycles. The molecule has 0 unspecified atom stereocenters. The number of quaternary nitrogens is 1. The maximum Gasteiger partial charge on any atom is 0.275 e. The maximum atomic E-state index is 12.7. The Bertz CT molecular complexity index is 671. The van der Waals surface area contributed by atoms with Crippen molar-refractivity contribution in [1.82, 2.24) is 9.62 Å². The molecule has 0 saturated carbocycles. The molecule has 1 aromatic rings. The van der Waals surface area contributed by atoms with Crippen LogP contribution in [-0.2, 0) is 14.8 Å². The number of unbranched alkanes of at least 4 members (excludes halogenated alkanes) is 1. The van der Waals surface area contributed by atoms with Crippen molar-refractivity contribution in [1.29, 1.82) is 0 Å². The SMILES string of the molecule is CCCC[C@@H](CC)CNC(=O)C[NH+]1CCN(S(=O)(=O)c2ccccc2)CC1. The summed E-state index contributed by atoms with van der Waals surface area (Å²) in [4.78, 5) is 13.7. The van der Waals surface area contributed by atoms with Gasteiger partial charge in [0.1, 0.15) is 0 Å². The van der Waals surface area contributed by atoms with E-state index in [9.17, 15) is 13.2 Å². The molecule has 2 N–H and O–H groups in total. The highest BCUT2D eigenvalue weighted by Gasteiger charge is 2.30. The van der Waals surface area contributed by atoms with Crippen LogP contribution in [0.2, 0.25) is 0 Å². The lowest BCUT2D eigenvalue weighted by molar-refractivity contribution is -0.895. The highest BCUT2D eigenvalue weighted by molar-refractivity contribution is 7.89. The summed E-state index contributed by atoms with van der Waals surface area (Å²) in [7, 11) is -3.43. The van der Waals surface area contributed by atoms with Crippen molar-refractivity contribution >= 4 is 15.9 Å². The molecule has 0 bridgehead atoms. The molecule has 0 aromatic heterocycles. The second kappa shape index (κ2) is 10.8. The van der Waals surface area contributed by atoms with Crippen LogP contribution >= 0.6 is 0 Å². The number of nitrogens with zero attached hydrogens (tertiary/aromatic N) is 1. The lowest BCUT2D eigenvalue weighted by Crippen LogP contribution is -3.15. The number of benzene rings is 1. The van der Waals surface area contributed by atoms with Crippen LogP contribution in [0.3, 0.4) is 0 Å². The predicted octanol–water partition coefficient (Wildman–Crippen LogP) is 0.908. The average Bonchev–Trinajstić information content (AvgIpc) is 2.69. The zero-order valence-electron chi connectivity index (χ0n) is 16.6. The fourth-order valence-corrected chi connectivity index (χ4v) is 4.91. The van der Waals surface area contributed by atoms with E-state index in [2.05, 4.69) is 19.2 Å². The van der Waals surface area contributed by atoms with Crippen LogP contribution in [0, 0.1) is 5.92 Å². The minimum Gasteiger partial charge on any atom is -0.351 e. The molecule has 1 aliphatic rings. The number of amides is 1. The Hall–Kier alpha value is -1.44. The van der Waals surface area contributed by atoms with Gasteiger partial charge in [-0.1, -0.05) is 51.3 Å². The first-order valence-electron chi connectivity index (χ1n) is 10.1. The monoisotopic (exact) mass is 396 g/mol. The summed E-state index contributed by atoms with van der Waals surface area (Å²) >= 11 is 0. The molecule has 1 aliphatic heterocycles. The molecule has 1 aromatic carbocycles. The number of carbonyl (C=O) groups is 1. The molecule has 27 heavy (non-hydrogen) atoms. The molecular weight excluding hydrogens is 362 g/mol. The number of rotatable bonds is 10. The van der Waals surface area contributed by atoms with Gasteiger partial charge < -0.3 is 10.2 Å². The normalized spacial score (nSPS) is 17.6. The van der Waals surface area contributed by atoms with Gasteiger partial charge in [0.25, 0.3) is 5.91 Å². The van der Waals surface area contributed by atoms with Gasteiger partial charge in [0, 0.05) is 6.54 Å². The molecule has 0 spiro atoms. The van der Waals surface area contributed by atoms with Gasteiger partial charge in [-0.25, -0.2) is 8.42 Å². The molecule has 152 valence electrons. The Labute approximate surface area is 164 Å². The van der Waals surface area contributed by atoms with Gasteiger partial charge in [-0.3, -0.25) is 4.79 Å². The topological polar surface area (TPSA) is 70.9 Å². The lowest BCUT2D eigenvalue weighted by Gasteiger charge is -2.31. The van der Waals surface area contributed by atoms with Crippen LogP contribution in [0.4, 0.5) is 0 Å². The largest absolute Gasteiger partial charge is 0.351 e. The Morgan fingerprint density at radius 2 is 1.85 bits per heavy atom. The Balaban J connectivity index is 1.76. The smallest absolute Gasteiger partial charge is 0.275 e. The quantitative estimate of drug-likeness (QED) is 0.618. The molecule has 1 fully saturated rings. The molecule has 1 atom stereocenters. The van der Waals surface area contributed by atoms with Crippen molar-refractivity contribution in [2.75, 3.05) is 39.3 Å².